The van der Waals surface area contributed by atoms with E-state index in [-0.39, 0.29) is 5.97 Å². The van der Waals surface area contributed by atoms with Crippen LogP contribution in [0.4, 0.5) is 0 Å². The van der Waals surface area contributed by atoms with E-state index in [0.29, 0.717) is 6.61 Å². The van der Waals surface area contributed by atoms with Crippen molar-refractivity contribution in [3.05, 3.63) is 24.8 Å². The molecule has 80 valence electrons. The number of hydrogen-bond acceptors (Lipinski definition) is 3. The number of esters is 1. The highest BCUT2D eigenvalue weighted by Crippen LogP contribution is 1.97. The van der Waals surface area contributed by atoms with E-state index in [0.717, 1.165) is 25.9 Å². The second kappa shape index (κ2) is 9.99. The lowest BCUT2D eigenvalue weighted by Crippen LogP contribution is -1.94. The molecular weight excluding hydrogens is 180 g/mol. The zero-order chi connectivity index (χ0) is 10.6. The van der Waals surface area contributed by atoms with Gasteiger partial charge in [-0.2, -0.15) is 0 Å². The molecule has 0 radical (unpaired) electrons. The number of ether oxygens (including phenoxy) is 2. The first kappa shape index (κ1) is 12.9. The molecule has 0 heterocycles. The Bertz CT molecular complexity index is 185. The molecule has 0 N–H and O–H groups in total. The monoisotopic (exact) mass is 198 g/mol. The number of rotatable bonds is 8. The van der Waals surface area contributed by atoms with Gasteiger partial charge in [0.25, 0.3) is 0 Å². The molecule has 0 spiro atoms. The van der Waals surface area contributed by atoms with E-state index in [2.05, 4.69) is 11.3 Å². The Kier molecular flexibility index (Phi) is 9.22. The van der Waals surface area contributed by atoms with Crippen LogP contribution in [0.15, 0.2) is 24.8 Å². The summed E-state index contributed by atoms with van der Waals surface area (Å²) in [4.78, 5) is 10.6. The fourth-order valence-electron chi connectivity index (χ4n) is 0.881. The number of hydrogen-bond donors (Lipinski definition) is 0. The zero-order valence-electron chi connectivity index (χ0n) is 8.70. The number of unbranched alkanes of at least 4 members (excludes halogenated alkanes) is 2. The maximum Gasteiger partial charge on any atom is 0.330 e. The van der Waals surface area contributed by atoms with Crippen molar-refractivity contribution in [3.8, 4) is 0 Å². The summed E-state index contributed by atoms with van der Waals surface area (Å²) in [5.41, 5.74) is 0. The van der Waals surface area contributed by atoms with Gasteiger partial charge in [0.05, 0.1) is 13.7 Å². The third kappa shape index (κ3) is 9.00. The standard InChI is InChI=1S/C11H18O3/c1-3-9-14-10-7-5-4-6-8-11(12)13-2/h3,6,8H,1,4-5,7,9-10H2,2H3/b8-6+. The highest BCUT2D eigenvalue weighted by atomic mass is 16.5. The van der Waals surface area contributed by atoms with E-state index in [4.69, 9.17) is 4.74 Å². The van der Waals surface area contributed by atoms with Crippen LogP contribution in [-0.4, -0.2) is 26.3 Å². The van der Waals surface area contributed by atoms with Crippen LogP contribution in [0.3, 0.4) is 0 Å². The van der Waals surface area contributed by atoms with Gasteiger partial charge in [-0.15, -0.1) is 6.58 Å². The third-order valence-electron chi connectivity index (χ3n) is 1.60. The number of methoxy groups -OCH3 is 1. The fraction of sp³-hybridized carbons (Fsp3) is 0.545. The van der Waals surface area contributed by atoms with Gasteiger partial charge in [0.15, 0.2) is 0 Å². The summed E-state index contributed by atoms with van der Waals surface area (Å²) in [7, 11) is 1.37. The molecule has 0 rings (SSSR count). The Morgan fingerprint density at radius 1 is 1.43 bits per heavy atom. The first-order valence-corrected chi connectivity index (χ1v) is 4.74. The smallest absolute Gasteiger partial charge is 0.330 e. The predicted octanol–water partition coefficient (Wildman–Crippen LogP) is 2.09. The van der Waals surface area contributed by atoms with Crippen LogP contribution in [-0.2, 0) is 14.3 Å². The van der Waals surface area contributed by atoms with Gasteiger partial charge in [-0.3, -0.25) is 0 Å². The van der Waals surface area contributed by atoms with Crippen LogP contribution in [0.25, 0.3) is 0 Å². The molecule has 3 heteroatoms. The Balaban J connectivity index is 3.16. The van der Waals surface area contributed by atoms with Crippen LogP contribution in [0, 0.1) is 0 Å². The van der Waals surface area contributed by atoms with E-state index in [1.165, 1.54) is 13.2 Å². The molecule has 0 aromatic rings. The third-order valence-corrected chi connectivity index (χ3v) is 1.60. The van der Waals surface area contributed by atoms with Crippen LogP contribution < -0.4 is 0 Å². The lowest BCUT2D eigenvalue weighted by atomic mass is 10.2. The van der Waals surface area contributed by atoms with Crippen molar-refractivity contribution in [2.24, 2.45) is 0 Å². The fourth-order valence-corrected chi connectivity index (χ4v) is 0.881. The minimum atomic E-state index is -0.298. The maximum absolute atomic E-state index is 10.6. The average molecular weight is 198 g/mol. The van der Waals surface area contributed by atoms with E-state index in [1.54, 1.807) is 6.08 Å². The molecule has 14 heavy (non-hydrogen) atoms. The van der Waals surface area contributed by atoms with Gasteiger partial charge in [-0.1, -0.05) is 12.2 Å². The van der Waals surface area contributed by atoms with Crippen molar-refractivity contribution in [1.29, 1.82) is 0 Å². The van der Waals surface area contributed by atoms with Crippen LogP contribution in [0.1, 0.15) is 19.3 Å². The summed E-state index contributed by atoms with van der Waals surface area (Å²) < 4.78 is 9.65. The summed E-state index contributed by atoms with van der Waals surface area (Å²) in [6.45, 7) is 4.91. The summed E-state index contributed by atoms with van der Waals surface area (Å²) in [5, 5.41) is 0. The molecule has 0 saturated carbocycles. The van der Waals surface area contributed by atoms with Gasteiger partial charge in [0.2, 0.25) is 0 Å². The number of allylic oxidation sites excluding steroid dienone is 1. The van der Waals surface area contributed by atoms with Crippen molar-refractivity contribution in [2.45, 2.75) is 19.3 Å². The molecule has 0 aromatic heterocycles. The van der Waals surface area contributed by atoms with Crippen LogP contribution in [0.5, 0.6) is 0 Å². The Hall–Kier alpha value is -1.09. The molecule has 0 aliphatic carbocycles. The second-order valence-corrected chi connectivity index (χ2v) is 2.78. The van der Waals surface area contributed by atoms with E-state index < -0.39 is 0 Å². The normalized spacial score (nSPS) is 10.4. The lowest BCUT2D eigenvalue weighted by molar-refractivity contribution is -0.134. The highest BCUT2D eigenvalue weighted by Gasteiger charge is 1.90. The molecular formula is C11H18O3. The van der Waals surface area contributed by atoms with E-state index in [9.17, 15) is 4.79 Å². The van der Waals surface area contributed by atoms with E-state index >= 15 is 0 Å². The number of carbonyl (C=O) groups is 1. The molecule has 0 aromatic carbocycles. The van der Waals surface area contributed by atoms with Crippen LogP contribution in [0.2, 0.25) is 0 Å². The minimum Gasteiger partial charge on any atom is -0.466 e. The Labute approximate surface area is 85.4 Å². The van der Waals surface area contributed by atoms with Crippen LogP contribution >= 0.6 is 0 Å². The number of carbonyl (C=O) groups excluding carboxylic acids is 1. The van der Waals surface area contributed by atoms with Crippen molar-refractivity contribution in [1.82, 2.24) is 0 Å². The molecule has 3 nitrogen and oxygen atoms in total. The minimum absolute atomic E-state index is 0.298. The zero-order valence-corrected chi connectivity index (χ0v) is 8.70. The van der Waals surface area contributed by atoms with Gasteiger partial charge in [0, 0.05) is 12.7 Å². The van der Waals surface area contributed by atoms with Crippen molar-refractivity contribution < 1.29 is 14.3 Å². The van der Waals surface area contributed by atoms with E-state index in [1.807, 2.05) is 6.08 Å². The van der Waals surface area contributed by atoms with Crippen molar-refractivity contribution in [2.75, 3.05) is 20.3 Å². The van der Waals surface area contributed by atoms with Gasteiger partial charge in [-0.25, -0.2) is 4.79 Å². The second-order valence-electron chi connectivity index (χ2n) is 2.78. The van der Waals surface area contributed by atoms with Crippen molar-refractivity contribution >= 4 is 5.97 Å². The Morgan fingerprint density at radius 3 is 2.86 bits per heavy atom. The van der Waals surface area contributed by atoms with Gasteiger partial charge in [0.1, 0.15) is 0 Å². The molecule has 0 bridgehead atoms. The summed E-state index contributed by atoms with van der Waals surface area (Å²) in [6, 6.07) is 0. The van der Waals surface area contributed by atoms with Gasteiger partial charge < -0.3 is 9.47 Å². The first-order chi connectivity index (χ1) is 6.81. The predicted molar refractivity (Wildman–Crippen MR) is 56.0 cm³/mol. The molecule has 0 aliphatic rings. The van der Waals surface area contributed by atoms with Gasteiger partial charge in [-0.05, 0) is 19.3 Å². The lowest BCUT2D eigenvalue weighted by Gasteiger charge is -1.98. The topological polar surface area (TPSA) is 35.5 Å². The molecule has 0 saturated heterocycles. The molecule has 0 unspecified atom stereocenters. The summed E-state index contributed by atoms with van der Waals surface area (Å²) >= 11 is 0. The SMILES string of the molecule is C=CCOCCCC/C=C/C(=O)OC. The Morgan fingerprint density at radius 2 is 2.21 bits per heavy atom. The van der Waals surface area contributed by atoms with Gasteiger partial charge >= 0.3 is 5.97 Å². The molecule has 0 fully saturated rings. The summed E-state index contributed by atoms with van der Waals surface area (Å²) in [5.74, 6) is -0.298. The average Bonchev–Trinajstić information content (AvgIpc) is 2.21. The first-order valence-electron chi connectivity index (χ1n) is 4.74. The molecule has 0 aliphatic heterocycles. The molecule has 0 amide bonds. The highest BCUT2D eigenvalue weighted by molar-refractivity contribution is 5.81. The summed E-state index contributed by atoms with van der Waals surface area (Å²) in [6.07, 6.45) is 7.90. The van der Waals surface area contributed by atoms with Crippen molar-refractivity contribution in [3.63, 3.8) is 0 Å². The maximum atomic E-state index is 10.6. The molecule has 0 atom stereocenters. The largest absolute Gasteiger partial charge is 0.466 e. The quantitative estimate of drug-likeness (QED) is 0.259.